The van der Waals surface area contributed by atoms with Crippen LogP contribution in [0.15, 0.2) is 47.5 Å². The SMILES string of the molecule is COc1ncccc1CCNS(=O)(=O)c1ccc(C)cc1. The lowest BCUT2D eigenvalue weighted by Gasteiger charge is -2.09. The summed E-state index contributed by atoms with van der Waals surface area (Å²) in [6.07, 6.45) is 2.15. The minimum absolute atomic E-state index is 0.270. The molecule has 1 aromatic carbocycles. The summed E-state index contributed by atoms with van der Waals surface area (Å²) in [6, 6.07) is 10.4. The molecule has 0 aliphatic carbocycles. The Balaban J connectivity index is 2.01. The van der Waals surface area contributed by atoms with Gasteiger partial charge in [0.2, 0.25) is 15.9 Å². The Morgan fingerprint density at radius 2 is 1.90 bits per heavy atom. The van der Waals surface area contributed by atoms with Gasteiger partial charge in [-0.15, -0.1) is 0 Å². The molecule has 0 bridgehead atoms. The van der Waals surface area contributed by atoms with Crippen LogP contribution in [0.4, 0.5) is 0 Å². The first-order valence-electron chi connectivity index (χ1n) is 6.57. The highest BCUT2D eigenvalue weighted by atomic mass is 32.2. The predicted molar refractivity (Wildman–Crippen MR) is 80.9 cm³/mol. The third kappa shape index (κ3) is 4.03. The summed E-state index contributed by atoms with van der Waals surface area (Å²) in [5.74, 6) is 0.520. The van der Waals surface area contributed by atoms with E-state index in [4.69, 9.17) is 4.74 Å². The molecule has 1 aromatic heterocycles. The molecular formula is C15H18N2O3S. The van der Waals surface area contributed by atoms with E-state index < -0.39 is 10.0 Å². The number of hydrogen-bond donors (Lipinski definition) is 1. The molecule has 5 nitrogen and oxygen atoms in total. The van der Waals surface area contributed by atoms with Crippen molar-refractivity contribution in [1.29, 1.82) is 0 Å². The van der Waals surface area contributed by atoms with E-state index in [1.807, 2.05) is 13.0 Å². The number of rotatable bonds is 6. The van der Waals surface area contributed by atoms with Crippen LogP contribution in [0.1, 0.15) is 11.1 Å². The van der Waals surface area contributed by atoms with Crippen molar-refractivity contribution >= 4 is 10.0 Å². The van der Waals surface area contributed by atoms with Crippen LogP contribution in [0.3, 0.4) is 0 Å². The lowest BCUT2D eigenvalue weighted by Crippen LogP contribution is -2.26. The van der Waals surface area contributed by atoms with Crippen LogP contribution in [-0.2, 0) is 16.4 Å². The van der Waals surface area contributed by atoms with Crippen molar-refractivity contribution in [1.82, 2.24) is 9.71 Å². The minimum atomic E-state index is -3.48. The standard InChI is InChI=1S/C15H18N2O3S/c1-12-5-7-14(8-6-12)21(18,19)17-11-9-13-4-3-10-16-15(13)20-2/h3-8,10,17H,9,11H2,1-2H3. The number of hydrogen-bond acceptors (Lipinski definition) is 4. The van der Waals surface area contributed by atoms with E-state index in [0.717, 1.165) is 11.1 Å². The monoisotopic (exact) mass is 306 g/mol. The Kier molecular flexibility index (Phi) is 4.93. The molecule has 0 fully saturated rings. The van der Waals surface area contributed by atoms with Gasteiger partial charge in [0, 0.05) is 18.3 Å². The van der Waals surface area contributed by atoms with Crippen LogP contribution >= 0.6 is 0 Å². The van der Waals surface area contributed by atoms with E-state index in [9.17, 15) is 8.42 Å². The Morgan fingerprint density at radius 3 is 2.57 bits per heavy atom. The second-order valence-electron chi connectivity index (χ2n) is 4.63. The van der Waals surface area contributed by atoms with Crippen LogP contribution < -0.4 is 9.46 Å². The molecule has 0 aliphatic heterocycles. The Bertz CT molecular complexity index is 697. The average Bonchev–Trinajstić information content (AvgIpc) is 2.48. The smallest absolute Gasteiger partial charge is 0.240 e. The number of benzene rings is 1. The van der Waals surface area contributed by atoms with Crippen molar-refractivity contribution in [2.45, 2.75) is 18.2 Å². The van der Waals surface area contributed by atoms with Gasteiger partial charge in [0.15, 0.2) is 0 Å². The molecule has 1 N–H and O–H groups in total. The summed E-state index contributed by atoms with van der Waals surface area (Å²) in [7, 11) is -1.93. The fraction of sp³-hybridized carbons (Fsp3) is 0.267. The van der Waals surface area contributed by atoms with E-state index in [1.54, 1.807) is 43.6 Å². The fourth-order valence-electron chi connectivity index (χ4n) is 1.92. The van der Waals surface area contributed by atoms with Crippen LogP contribution in [0.25, 0.3) is 0 Å². The molecule has 0 saturated carbocycles. The molecule has 2 aromatic rings. The van der Waals surface area contributed by atoms with Crippen molar-refractivity contribution < 1.29 is 13.2 Å². The minimum Gasteiger partial charge on any atom is -0.481 e. The predicted octanol–water partition coefficient (Wildman–Crippen LogP) is 1.92. The van der Waals surface area contributed by atoms with Crippen molar-refractivity contribution in [2.75, 3.05) is 13.7 Å². The number of methoxy groups -OCH3 is 1. The Morgan fingerprint density at radius 1 is 1.19 bits per heavy atom. The van der Waals surface area contributed by atoms with Crippen molar-refractivity contribution in [3.05, 3.63) is 53.7 Å². The molecule has 0 atom stereocenters. The van der Waals surface area contributed by atoms with E-state index in [1.165, 1.54) is 0 Å². The largest absolute Gasteiger partial charge is 0.481 e. The van der Waals surface area contributed by atoms with Crippen LogP contribution in [0.5, 0.6) is 5.88 Å². The highest BCUT2D eigenvalue weighted by molar-refractivity contribution is 7.89. The molecule has 21 heavy (non-hydrogen) atoms. The third-order valence-electron chi connectivity index (χ3n) is 3.06. The third-order valence-corrected chi connectivity index (χ3v) is 4.54. The molecule has 0 radical (unpaired) electrons. The second kappa shape index (κ2) is 6.69. The van der Waals surface area contributed by atoms with Gasteiger partial charge in [-0.2, -0.15) is 0 Å². The number of nitrogens with one attached hydrogen (secondary N) is 1. The molecule has 1 heterocycles. The summed E-state index contributed by atoms with van der Waals surface area (Å²) in [5.41, 5.74) is 1.89. The summed E-state index contributed by atoms with van der Waals surface area (Å²) in [5, 5.41) is 0. The highest BCUT2D eigenvalue weighted by Crippen LogP contribution is 2.14. The zero-order chi connectivity index (χ0) is 15.3. The number of ether oxygens (including phenoxy) is 1. The number of aryl methyl sites for hydroxylation is 1. The normalized spacial score (nSPS) is 11.3. The van der Waals surface area contributed by atoms with Crippen molar-refractivity contribution in [3.8, 4) is 5.88 Å². The van der Waals surface area contributed by atoms with Gasteiger partial charge >= 0.3 is 0 Å². The number of pyridine rings is 1. The van der Waals surface area contributed by atoms with Crippen LogP contribution in [-0.4, -0.2) is 27.1 Å². The first-order valence-corrected chi connectivity index (χ1v) is 8.05. The lowest BCUT2D eigenvalue weighted by molar-refractivity contribution is 0.392. The highest BCUT2D eigenvalue weighted by Gasteiger charge is 2.13. The molecule has 0 amide bonds. The van der Waals surface area contributed by atoms with Gasteiger partial charge in [-0.1, -0.05) is 23.8 Å². The fourth-order valence-corrected chi connectivity index (χ4v) is 2.95. The van der Waals surface area contributed by atoms with Gasteiger partial charge in [0.25, 0.3) is 0 Å². The van der Waals surface area contributed by atoms with Crippen LogP contribution in [0.2, 0.25) is 0 Å². The van der Waals surface area contributed by atoms with E-state index in [0.29, 0.717) is 12.3 Å². The van der Waals surface area contributed by atoms with Gasteiger partial charge < -0.3 is 4.74 Å². The maximum atomic E-state index is 12.1. The molecule has 6 heteroatoms. The van der Waals surface area contributed by atoms with Gasteiger partial charge in [-0.25, -0.2) is 18.1 Å². The van der Waals surface area contributed by atoms with E-state index in [-0.39, 0.29) is 11.4 Å². The quantitative estimate of drug-likeness (QED) is 0.885. The van der Waals surface area contributed by atoms with E-state index in [2.05, 4.69) is 9.71 Å². The molecule has 112 valence electrons. The zero-order valence-electron chi connectivity index (χ0n) is 12.0. The zero-order valence-corrected chi connectivity index (χ0v) is 12.9. The molecule has 0 saturated heterocycles. The van der Waals surface area contributed by atoms with Crippen molar-refractivity contribution in [2.24, 2.45) is 0 Å². The number of nitrogens with zero attached hydrogens (tertiary/aromatic N) is 1. The number of sulfonamides is 1. The first kappa shape index (κ1) is 15.5. The topological polar surface area (TPSA) is 68.3 Å². The molecule has 0 spiro atoms. The van der Waals surface area contributed by atoms with Crippen LogP contribution in [0, 0.1) is 6.92 Å². The van der Waals surface area contributed by atoms with Gasteiger partial charge in [0.05, 0.1) is 12.0 Å². The summed E-state index contributed by atoms with van der Waals surface area (Å²) < 4.78 is 32.0. The average molecular weight is 306 g/mol. The van der Waals surface area contributed by atoms with E-state index >= 15 is 0 Å². The first-order chi connectivity index (χ1) is 10.0. The Hall–Kier alpha value is -1.92. The van der Waals surface area contributed by atoms with Crippen molar-refractivity contribution in [3.63, 3.8) is 0 Å². The lowest BCUT2D eigenvalue weighted by atomic mass is 10.2. The summed E-state index contributed by atoms with van der Waals surface area (Å²) in [6.45, 7) is 2.21. The summed E-state index contributed by atoms with van der Waals surface area (Å²) >= 11 is 0. The van der Waals surface area contributed by atoms with Gasteiger partial charge in [0.1, 0.15) is 0 Å². The second-order valence-corrected chi connectivity index (χ2v) is 6.40. The molecule has 2 rings (SSSR count). The molecular weight excluding hydrogens is 288 g/mol. The number of aromatic nitrogens is 1. The molecule has 0 aliphatic rings. The summed E-state index contributed by atoms with van der Waals surface area (Å²) in [4.78, 5) is 4.35. The van der Waals surface area contributed by atoms with Gasteiger partial charge in [-0.3, -0.25) is 0 Å². The molecule has 0 unspecified atom stereocenters. The van der Waals surface area contributed by atoms with Gasteiger partial charge in [-0.05, 0) is 31.5 Å². The maximum absolute atomic E-state index is 12.1. The Labute approximate surface area is 125 Å². The maximum Gasteiger partial charge on any atom is 0.240 e.